The summed E-state index contributed by atoms with van der Waals surface area (Å²) in [6.07, 6.45) is 1.35. The predicted octanol–water partition coefficient (Wildman–Crippen LogP) is 3.75. The molecular formula is C22H26ClFN2O2. The number of hydrogen-bond donors (Lipinski definition) is 2. The quantitative estimate of drug-likeness (QED) is 0.739. The Labute approximate surface area is 170 Å². The summed E-state index contributed by atoms with van der Waals surface area (Å²) in [6, 6.07) is 12.9. The van der Waals surface area contributed by atoms with Crippen molar-refractivity contribution in [1.82, 2.24) is 10.2 Å². The number of hydrogen-bond acceptors (Lipinski definition) is 3. The monoisotopic (exact) mass is 404 g/mol. The Morgan fingerprint density at radius 1 is 1.36 bits per heavy atom. The smallest absolute Gasteiger partial charge is 0.224 e. The molecule has 3 rings (SSSR count). The summed E-state index contributed by atoms with van der Waals surface area (Å²) < 4.78 is 13.7. The first-order valence-corrected chi connectivity index (χ1v) is 9.76. The SMILES string of the molecule is CN(C)[C@H](CNC(=O)[C@@H]1C[C@]1(C)c1ccccc1)Cc1cc(F)c(O)c(Cl)c1. The lowest BCUT2D eigenvalue weighted by molar-refractivity contribution is -0.122. The average Bonchev–Trinajstić information content (AvgIpc) is 3.36. The molecule has 4 nitrogen and oxygen atoms in total. The van der Waals surface area contributed by atoms with E-state index >= 15 is 0 Å². The zero-order valence-corrected chi connectivity index (χ0v) is 17.1. The number of halogens is 2. The number of amides is 1. The molecule has 3 atom stereocenters. The van der Waals surface area contributed by atoms with Crippen LogP contribution in [0.3, 0.4) is 0 Å². The van der Waals surface area contributed by atoms with Gasteiger partial charge in [0.1, 0.15) is 0 Å². The molecule has 1 saturated carbocycles. The van der Waals surface area contributed by atoms with Gasteiger partial charge in [-0.1, -0.05) is 48.9 Å². The summed E-state index contributed by atoms with van der Waals surface area (Å²) in [7, 11) is 3.83. The van der Waals surface area contributed by atoms with Crippen molar-refractivity contribution in [3.63, 3.8) is 0 Å². The Hall–Kier alpha value is -2.11. The minimum Gasteiger partial charge on any atom is -0.504 e. The van der Waals surface area contributed by atoms with Crippen LogP contribution in [0.15, 0.2) is 42.5 Å². The molecule has 2 aromatic carbocycles. The van der Waals surface area contributed by atoms with Gasteiger partial charge >= 0.3 is 0 Å². The van der Waals surface area contributed by atoms with Gasteiger partial charge in [-0.05, 0) is 50.2 Å². The third kappa shape index (κ3) is 4.31. The zero-order valence-electron chi connectivity index (χ0n) is 16.4. The van der Waals surface area contributed by atoms with Crippen molar-refractivity contribution in [3.05, 3.63) is 64.4 Å². The van der Waals surface area contributed by atoms with Crippen LogP contribution in [0.2, 0.25) is 5.02 Å². The van der Waals surface area contributed by atoms with E-state index < -0.39 is 11.6 Å². The van der Waals surface area contributed by atoms with Gasteiger partial charge in [-0.3, -0.25) is 4.79 Å². The first kappa shape index (κ1) is 20.6. The molecule has 6 heteroatoms. The molecule has 0 saturated heterocycles. The summed E-state index contributed by atoms with van der Waals surface area (Å²) >= 11 is 5.88. The second-order valence-electron chi connectivity index (χ2n) is 8.01. The summed E-state index contributed by atoms with van der Waals surface area (Å²) in [6.45, 7) is 2.57. The van der Waals surface area contributed by atoms with Gasteiger partial charge in [0.2, 0.25) is 5.91 Å². The van der Waals surface area contributed by atoms with Crippen molar-refractivity contribution in [3.8, 4) is 5.75 Å². The summed E-state index contributed by atoms with van der Waals surface area (Å²) in [5, 5.41) is 12.5. The lowest BCUT2D eigenvalue weighted by Gasteiger charge is -2.25. The van der Waals surface area contributed by atoms with Crippen molar-refractivity contribution in [2.45, 2.75) is 31.2 Å². The predicted molar refractivity (Wildman–Crippen MR) is 109 cm³/mol. The highest BCUT2D eigenvalue weighted by Crippen LogP contribution is 2.53. The Kier molecular flexibility index (Phi) is 5.96. The number of nitrogens with zero attached hydrogens (tertiary/aromatic N) is 1. The van der Waals surface area contributed by atoms with Gasteiger partial charge in [0.15, 0.2) is 11.6 Å². The number of phenolic OH excluding ortho intramolecular Hbond substituents is 1. The first-order chi connectivity index (χ1) is 13.2. The summed E-state index contributed by atoms with van der Waals surface area (Å²) in [4.78, 5) is 14.7. The van der Waals surface area contributed by atoms with Crippen LogP contribution in [0.1, 0.15) is 24.5 Å². The van der Waals surface area contributed by atoms with E-state index in [2.05, 4.69) is 24.4 Å². The first-order valence-electron chi connectivity index (χ1n) is 9.39. The standard InChI is InChI=1S/C22H26ClFN2O2/c1-22(15-7-5-4-6-8-15)12-17(22)21(28)25-13-16(26(2)3)9-14-10-18(23)20(27)19(24)11-14/h4-8,10-11,16-17,27H,9,12-13H2,1-3H3,(H,25,28)/t16-,17-,22+/m0/s1. The molecule has 150 valence electrons. The van der Waals surface area contributed by atoms with E-state index in [4.69, 9.17) is 11.6 Å². The molecule has 1 amide bonds. The van der Waals surface area contributed by atoms with Crippen molar-refractivity contribution < 1.29 is 14.3 Å². The molecule has 1 fully saturated rings. The second kappa shape index (κ2) is 8.10. The fourth-order valence-electron chi connectivity index (χ4n) is 3.67. The molecule has 0 radical (unpaired) electrons. The van der Waals surface area contributed by atoms with Crippen molar-refractivity contribution in [2.24, 2.45) is 5.92 Å². The maximum Gasteiger partial charge on any atom is 0.224 e. The molecule has 0 unspecified atom stereocenters. The molecule has 0 aliphatic heterocycles. The maximum absolute atomic E-state index is 13.7. The molecular weight excluding hydrogens is 379 g/mol. The van der Waals surface area contributed by atoms with Crippen molar-refractivity contribution >= 4 is 17.5 Å². The van der Waals surface area contributed by atoms with Crippen molar-refractivity contribution in [2.75, 3.05) is 20.6 Å². The molecule has 0 bridgehead atoms. The third-order valence-electron chi connectivity index (χ3n) is 5.78. The van der Waals surface area contributed by atoms with Gasteiger partial charge in [-0.15, -0.1) is 0 Å². The number of carbonyl (C=O) groups excluding carboxylic acids is 1. The van der Waals surface area contributed by atoms with E-state index in [0.29, 0.717) is 18.5 Å². The lowest BCUT2D eigenvalue weighted by Crippen LogP contribution is -2.42. The molecule has 2 N–H and O–H groups in total. The van der Waals surface area contributed by atoms with Gasteiger partial charge in [0.05, 0.1) is 5.02 Å². The van der Waals surface area contributed by atoms with Crippen LogP contribution in [0, 0.1) is 11.7 Å². The van der Waals surface area contributed by atoms with Crippen LogP contribution in [0.25, 0.3) is 0 Å². The van der Waals surface area contributed by atoms with Crippen LogP contribution < -0.4 is 5.32 Å². The second-order valence-corrected chi connectivity index (χ2v) is 8.42. The summed E-state index contributed by atoms with van der Waals surface area (Å²) in [5.74, 6) is -1.25. The van der Waals surface area contributed by atoms with E-state index in [1.807, 2.05) is 37.2 Å². The fourth-order valence-corrected chi connectivity index (χ4v) is 3.90. The highest BCUT2D eigenvalue weighted by atomic mass is 35.5. The number of rotatable bonds is 7. The third-order valence-corrected chi connectivity index (χ3v) is 6.07. The highest BCUT2D eigenvalue weighted by Gasteiger charge is 2.55. The minimum atomic E-state index is -0.736. The topological polar surface area (TPSA) is 52.6 Å². The molecule has 1 aliphatic rings. The molecule has 2 aromatic rings. The van der Waals surface area contributed by atoms with E-state index in [0.717, 1.165) is 6.42 Å². The van der Waals surface area contributed by atoms with Gasteiger partial charge in [-0.2, -0.15) is 0 Å². The number of benzene rings is 2. The fraction of sp³-hybridized carbons (Fsp3) is 0.409. The number of carbonyl (C=O) groups is 1. The number of likely N-dealkylation sites (N-methyl/N-ethyl adjacent to an activating group) is 1. The molecule has 0 spiro atoms. The van der Waals surface area contributed by atoms with Gasteiger partial charge < -0.3 is 15.3 Å². The van der Waals surface area contributed by atoms with E-state index in [1.165, 1.54) is 11.6 Å². The number of aromatic hydroxyl groups is 1. The van der Waals surface area contributed by atoms with Gasteiger partial charge in [-0.25, -0.2) is 4.39 Å². The van der Waals surface area contributed by atoms with Crippen LogP contribution >= 0.6 is 11.6 Å². The average molecular weight is 405 g/mol. The Morgan fingerprint density at radius 2 is 2.04 bits per heavy atom. The van der Waals surface area contributed by atoms with Crippen LogP contribution in [-0.4, -0.2) is 42.6 Å². The van der Waals surface area contributed by atoms with E-state index in [9.17, 15) is 14.3 Å². The Morgan fingerprint density at radius 3 is 2.64 bits per heavy atom. The lowest BCUT2D eigenvalue weighted by atomic mass is 9.95. The maximum atomic E-state index is 13.7. The Bertz CT molecular complexity index is 836. The number of phenols is 1. The van der Waals surface area contributed by atoms with Crippen LogP contribution in [0.5, 0.6) is 5.75 Å². The number of nitrogens with one attached hydrogen (secondary N) is 1. The zero-order chi connectivity index (χ0) is 20.5. The van der Waals surface area contributed by atoms with Crippen LogP contribution in [0.4, 0.5) is 4.39 Å². The van der Waals surface area contributed by atoms with Crippen LogP contribution in [-0.2, 0) is 16.6 Å². The molecule has 0 aromatic heterocycles. The Balaban J connectivity index is 1.61. The van der Waals surface area contributed by atoms with E-state index in [-0.39, 0.29) is 28.3 Å². The molecule has 0 heterocycles. The van der Waals surface area contributed by atoms with Gasteiger partial charge in [0, 0.05) is 23.9 Å². The highest BCUT2D eigenvalue weighted by molar-refractivity contribution is 6.32. The largest absolute Gasteiger partial charge is 0.504 e. The van der Waals surface area contributed by atoms with Crippen molar-refractivity contribution in [1.29, 1.82) is 0 Å². The van der Waals surface area contributed by atoms with Gasteiger partial charge in [0.25, 0.3) is 0 Å². The minimum absolute atomic E-state index is 0.00634. The summed E-state index contributed by atoms with van der Waals surface area (Å²) in [5.41, 5.74) is 1.76. The normalized spacial score (nSPS) is 22.1. The molecule has 28 heavy (non-hydrogen) atoms. The molecule has 1 aliphatic carbocycles. The van der Waals surface area contributed by atoms with E-state index in [1.54, 1.807) is 6.07 Å².